The molecule has 1 heterocycles. The maximum atomic E-state index is 13.2. The van der Waals surface area contributed by atoms with E-state index >= 15 is 0 Å². The van der Waals surface area contributed by atoms with Gasteiger partial charge in [-0.3, -0.25) is 4.79 Å². The average molecular weight is 314 g/mol. The lowest BCUT2D eigenvalue weighted by molar-refractivity contribution is -0.263. The SMILES string of the molecule is Cc1cc(C(=O)NCC(O)(c2ccccc2)C(F)(F)F)no1. The van der Waals surface area contributed by atoms with E-state index in [0.29, 0.717) is 5.76 Å². The molecule has 0 bridgehead atoms. The summed E-state index contributed by atoms with van der Waals surface area (Å²) in [5.74, 6) is -0.519. The Hall–Kier alpha value is -2.35. The van der Waals surface area contributed by atoms with Crippen LogP contribution in [-0.2, 0) is 5.60 Å². The molecule has 2 aromatic rings. The van der Waals surface area contributed by atoms with Crippen molar-refractivity contribution >= 4 is 5.91 Å². The second-order valence-electron chi connectivity index (χ2n) is 4.73. The number of aromatic nitrogens is 1. The predicted molar refractivity (Wildman–Crippen MR) is 70.0 cm³/mol. The third-order valence-corrected chi connectivity index (χ3v) is 3.09. The first-order valence-corrected chi connectivity index (χ1v) is 6.30. The van der Waals surface area contributed by atoms with Gasteiger partial charge in [0.25, 0.3) is 5.91 Å². The highest BCUT2D eigenvalue weighted by Crippen LogP contribution is 2.38. The minimum Gasteiger partial charge on any atom is -0.375 e. The quantitative estimate of drug-likeness (QED) is 0.907. The first kappa shape index (κ1) is 16.0. The highest BCUT2D eigenvalue weighted by atomic mass is 19.4. The van der Waals surface area contributed by atoms with Gasteiger partial charge in [0, 0.05) is 6.07 Å². The Bertz CT molecular complexity index is 655. The van der Waals surface area contributed by atoms with E-state index < -0.39 is 24.2 Å². The Morgan fingerprint density at radius 2 is 1.95 bits per heavy atom. The number of alkyl halides is 3. The van der Waals surface area contributed by atoms with Crippen LogP contribution in [0, 0.1) is 6.92 Å². The van der Waals surface area contributed by atoms with Crippen LogP contribution in [0.15, 0.2) is 40.9 Å². The molecule has 0 fully saturated rings. The molecule has 5 nitrogen and oxygen atoms in total. The molecule has 1 atom stereocenters. The van der Waals surface area contributed by atoms with E-state index in [2.05, 4.69) is 9.68 Å². The minimum atomic E-state index is -4.96. The van der Waals surface area contributed by atoms with Crippen LogP contribution < -0.4 is 5.32 Å². The maximum Gasteiger partial charge on any atom is 0.423 e. The summed E-state index contributed by atoms with van der Waals surface area (Å²) in [5, 5.41) is 15.5. The van der Waals surface area contributed by atoms with Gasteiger partial charge in [0.1, 0.15) is 5.76 Å². The zero-order valence-electron chi connectivity index (χ0n) is 11.5. The number of carbonyl (C=O) groups is 1. The van der Waals surface area contributed by atoms with Crippen LogP contribution in [0.5, 0.6) is 0 Å². The van der Waals surface area contributed by atoms with Gasteiger partial charge < -0.3 is 14.9 Å². The molecular weight excluding hydrogens is 301 g/mol. The molecule has 0 saturated heterocycles. The molecule has 0 spiro atoms. The van der Waals surface area contributed by atoms with Crippen LogP contribution in [0.1, 0.15) is 21.8 Å². The van der Waals surface area contributed by atoms with Crippen molar-refractivity contribution in [3.63, 3.8) is 0 Å². The summed E-state index contributed by atoms with van der Waals surface area (Å²) in [4.78, 5) is 11.8. The Balaban J connectivity index is 2.20. The molecule has 0 aliphatic heterocycles. The van der Waals surface area contributed by atoms with Gasteiger partial charge >= 0.3 is 6.18 Å². The topological polar surface area (TPSA) is 75.4 Å². The van der Waals surface area contributed by atoms with Crippen LogP contribution in [0.25, 0.3) is 0 Å². The number of halogens is 3. The van der Waals surface area contributed by atoms with Crippen LogP contribution >= 0.6 is 0 Å². The number of amides is 1. The Kier molecular flexibility index (Phi) is 4.23. The summed E-state index contributed by atoms with van der Waals surface area (Å²) >= 11 is 0. The zero-order valence-corrected chi connectivity index (χ0v) is 11.5. The lowest BCUT2D eigenvalue weighted by atomic mass is 9.93. The van der Waals surface area contributed by atoms with Crippen LogP contribution in [0.2, 0.25) is 0 Å². The smallest absolute Gasteiger partial charge is 0.375 e. The van der Waals surface area contributed by atoms with E-state index in [4.69, 9.17) is 0 Å². The predicted octanol–water partition coefficient (Wildman–Crippen LogP) is 2.16. The molecule has 1 aromatic heterocycles. The average Bonchev–Trinajstić information content (AvgIpc) is 2.91. The minimum absolute atomic E-state index is 0.157. The molecular formula is C14H13F3N2O3. The summed E-state index contributed by atoms with van der Waals surface area (Å²) < 4.78 is 44.3. The molecule has 8 heteroatoms. The molecule has 118 valence electrons. The number of aliphatic hydroxyl groups is 1. The first-order valence-electron chi connectivity index (χ1n) is 6.30. The second kappa shape index (κ2) is 5.80. The first-order chi connectivity index (χ1) is 10.2. The number of nitrogens with one attached hydrogen (secondary N) is 1. The highest BCUT2D eigenvalue weighted by Gasteiger charge is 2.55. The van der Waals surface area contributed by atoms with Crippen molar-refractivity contribution in [2.45, 2.75) is 18.7 Å². The van der Waals surface area contributed by atoms with E-state index in [-0.39, 0.29) is 11.3 Å². The standard InChI is InChI=1S/C14H13F3N2O3/c1-9-7-11(19-22-9)12(20)18-8-13(21,14(15,16)17)10-5-3-2-4-6-10/h2-7,21H,8H2,1H3,(H,18,20). The summed E-state index contributed by atoms with van der Waals surface area (Å²) in [6, 6.07) is 7.82. The fourth-order valence-electron chi connectivity index (χ4n) is 1.85. The van der Waals surface area contributed by atoms with Crippen LogP contribution in [0.4, 0.5) is 13.2 Å². The summed E-state index contributed by atoms with van der Waals surface area (Å²) in [6.07, 6.45) is -4.96. The van der Waals surface area contributed by atoms with Crippen molar-refractivity contribution in [3.05, 3.63) is 53.4 Å². The number of aryl methyl sites for hydroxylation is 1. The third kappa shape index (κ3) is 3.11. The number of benzene rings is 1. The molecule has 0 aliphatic carbocycles. The summed E-state index contributed by atoms with van der Waals surface area (Å²) in [6.45, 7) is 0.505. The Morgan fingerprint density at radius 3 is 2.45 bits per heavy atom. The van der Waals surface area contributed by atoms with Crippen molar-refractivity contribution in [1.82, 2.24) is 10.5 Å². The second-order valence-corrected chi connectivity index (χ2v) is 4.73. The Morgan fingerprint density at radius 1 is 1.32 bits per heavy atom. The highest BCUT2D eigenvalue weighted by molar-refractivity contribution is 5.92. The third-order valence-electron chi connectivity index (χ3n) is 3.09. The van der Waals surface area contributed by atoms with Gasteiger partial charge in [-0.2, -0.15) is 13.2 Å². The van der Waals surface area contributed by atoms with E-state index in [0.717, 1.165) is 12.1 Å². The largest absolute Gasteiger partial charge is 0.423 e. The van der Waals surface area contributed by atoms with Crippen LogP contribution in [-0.4, -0.2) is 28.9 Å². The number of carbonyl (C=O) groups excluding carboxylic acids is 1. The van der Waals surface area contributed by atoms with Crippen molar-refractivity contribution < 1.29 is 27.6 Å². The van der Waals surface area contributed by atoms with Gasteiger partial charge in [-0.1, -0.05) is 35.5 Å². The van der Waals surface area contributed by atoms with Gasteiger partial charge in [-0.15, -0.1) is 0 Å². The Labute approximate surface area is 123 Å². The molecule has 22 heavy (non-hydrogen) atoms. The molecule has 0 aliphatic rings. The van der Waals surface area contributed by atoms with Gasteiger partial charge in [0.15, 0.2) is 5.69 Å². The fourth-order valence-corrected chi connectivity index (χ4v) is 1.85. The number of hydrogen-bond donors (Lipinski definition) is 2. The summed E-state index contributed by atoms with van der Waals surface area (Å²) in [7, 11) is 0. The molecule has 2 rings (SSSR count). The molecule has 1 amide bonds. The van der Waals surface area contributed by atoms with Crippen molar-refractivity contribution in [1.29, 1.82) is 0 Å². The van der Waals surface area contributed by atoms with Gasteiger partial charge in [0.2, 0.25) is 5.60 Å². The maximum absolute atomic E-state index is 13.2. The number of hydrogen-bond acceptors (Lipinski definition) is 4. The van der Waals surface area contributed by atoms with Gasteiger partial charge in [0.05, 0.1) is 6.54 Å². The molecule has 2 N–H and O–H groups in total. The van der Waals surface area contributed by atoms with Gasteiger partial charge in [-0.05, 0) is 12.5 Å². The van der Waals surface area contributed by atoms with E-state index in [1.807, 2.05) is 5.32 Å². The van der Waals surface area contributed by atoms with E-state index in [1.54, 1.807) is 6.92 Å². The molecule has 1 aromatic carbocycles. The van der Waals surface area contributed by atoms with Crippen LogP contribution in [0.3, 0.4) is 0 Å². The fraction of sp³-hybridized carbons (Fsp3) is 0.286. The number of rotatable bonds is 4. The normalized spacial score (nSPS) is 14.4. The zero-order chi connectivity index (χ0) is 16.4. The van der Waals surface area contributed by atoms with Crippen molar-refractivity contribution in [2.24, 2.45) is 0 Å². The van der Waals surface area contributed by atoms with E-state index in [9.17, 15) is 23.1 Å². The molecule has 0 radical (unpaired) electrons. The number of nitrogens with zero attached hydrogens (tertiary/aromatic N) is 1. The summed E-state index contributed by atoms with van der Waals surface area (Å²) in [5.41, 5.74) is -3.71. The molecule has 1 unspecified atom stereocenters. The van der Waals surface area contributed by atoms with Crippen molar-refractivity contribution in [3.8, 4) is 0 Å². The van der Waals surface area contributed by atoms with E-state index in [1.165, 1.54) is 24.3 Å². The monoisotopic (exact) mass is 314 g/mol. The lowest BCUT2D eigenvalue weighted by Crippen LogP contribution is -2.51. The lowest BCUT2D eigenvalue weighted by Gasteiger charge is -2.31. The van der Waals surface area contributed by atoms with Crippen molar-refractivity contribution in [2.75, 3.05) is 6.54 Å². The van der Waals surface area contributed by atoms with Gasteiger partial charge in [-0.25, -0.2) is 0 Å². The molecule has 0 saturated carbocycles.